The Morgan fingerprint density at radius 1 is 1.21 bits per heavy atom. The SMILES string of the molecule is CC(C)(C)OC(=O)N(CCO)Cc1c[nH]c2c(OCc3ccccc3)ncnc12. The van der Waals surface area contributed by atoms with E-state index in [2.05, 4.69) is 15.0 Å². The number of hydrogen-bond donors (Lipinski definition) is 2. The van der Waals surface area contributed by atoms with Crippen LogP contribution in [0, 0.1) is 0 Å². The zero-order valence-corrected chi connectivity index (χ0v) is 16.9. The van der Waals surface area contributed by atoms with Crippen LogP contribution in [0.25, 0.3) is 11.0 Å². The number of H-pyrrole nitrogens is 1. The molecule has 0 aliphatic carbocycles. The van der Waals surface area contributed by atoms with Gasteiger partial charge < -0.3 is 24.5 Å². The van der Waals surface area contributed by atoms with Crippen molar-refractivity contribution in [2.75, 3.05) is 13.2 Å². The number of nitrogens with zero attached hydrogens (tertiary/aromatic N) is 3. The standard InChI is InChI=1S/C21H26N4O4/c1-21(2,3)29-20(27)25(9-10-26)12-16-11-22-18-17(16)23-14-24-19(18)28-13-15-7-5-4-6-8-15/h4-8,11,14,22,26H,9-10,12-13H2,1-3H3. The van der Waals surface area contributed by atoms with Crippen LogP contribution in [-0.4, -0.2) is 49.8 Å². The highest BCUT2D eigenvalue weighted by Gasteiger charge is 2.23. The molecule has 29 heavy (non-hydrogen) atoms. The van der Waals surface area contributed by atoms with Crippen molar-refractivity contribution in [1.29, 1.82) is 0 Å². The highest BCUT2D eigenvalue weighted by Crippen LogP contribution is 2.25. The Balaban J connectivity index is 1.78. The molecule has 154 valence electrons. The average Bonchev–Trinajstić information content (AvgIpc) is 3.09. The molecule has 0 saturated heterocycles. The molecule has 3 aromatic rings. The predicted molar refractivity (Wildman–Crippen MR) is 108 cm³/mol. The van der Waals surface area contributed by atoms with Crippen molar-refractivity contribution >= 4 is 17.1 Å². The van der Waals surface area contributed by atoms with Crippen molar-refractivity contribution in [2.45, 2.75) is 39.5 Å². The molecule has 2 aromatic heterocycles. The van der Waals surface area contributed by atoms with Crippen molar-refractivity contribution in [1.82, 2.24) is 19.9 Å². The Morgan fingerprint density at radius 3 is 2.66 bits per heavy atom. The van der Waals surface area contributed by atoms with Gasteiger partial charge in [-0.05, 0) is 26.3 Å². The average molecular weight is 398 g/mol. The second-order valence-electron chi connectivity index (χ2n) is 7.62. The number of aliphatic hydroxyl groups is 1. The summed E-state index contributed by atoms with van der Waals surface area (Å²) >= 11 is 0. The van der Waals surface area contributed by atoms with Crippen molar-refractivity contribution in [3.63, 3.8) is 0 Å². The number of amides is 1. The van der Waals surface area contributed by atoms with E-state index in [1.165, 1.54) is 11.2 Å². The molecule has 0 unspecified atom stereocenters. The number of carbonyl (C=O) groups excluding carboxylic acids is 1. The third-order valence-corrected chi connectivity index (χ3v) is 4.11. The van der Waals surface area contributed by atoms with E-state index in [9.17, 15) is 9.90 Å². The van der Waals surface area contributed by atoms with Crippen molar-refractivity contribution < 1.29 is 19.4 Å². The van der Waals surface area contributed by atoms with Crippen LogP contribution in [-0.2, 0) is 17.9 Å². The molecular formula is C21H26N4O4. The minimum atomic E-state index is -0.619. The molecule has 0 radical (unpaired) electrons. The maximum absolute atomic E-state index is 12.5. The number of benzene rings is 1. The molecule has 0 aliphatic rings. The van der Waals surface area contributed by atoms with Gasteiger partial charge in [0.25, 0.3) is 0 Å². The van der Waals surface area contributed by atoms with Crippen molar-refractivity contribution in [2.24, 2.45) is 0 Å². The monoisotopic (exact) mass is 398 g/mol. The number of ether oxygens (including phenoxy) is 2. The Kier molecular flexibility index (Phi) is 6.33. The van der Waals surface area contributed by atoms with Crippen LogP contribution in [0.15, 0.2) is 42.9 Å². The molecular weight excluding hydrogens is 372 g/mol. The van der Waals surface area contributed by atoms with Crippen molar-refractivity contribution in [3.8, 4) is 5.88 Å². The van der Waals surface area contributed by atoms with Gasteiger partial charge in [-0.1, -0.05) is 30.3 Å². The first-order valence-corrected chi connectivity index (χ1v) is 9.44. The quantitative estimate of drug-likeness (QED) is 0.634. The number of aromatic nitrogens is 3. The predicted octanol–water partition coefficient (Wildman–Crippen LogP) is 3.27. The topological polar surface area (TPSA) is 101 Å². The number of fused-ring (bicyclic) bond motifs is 1. The van der Waals surface area contributed by atoms with Gasteiger partial charge in [0, 0.05) is 18.3 Å². The van der Waals surface area contributed by atoms with Crippen LogP contribution < -0.4 is 4.74 Å². The van der Waals surface area contributed by atoms with Gasteiger partial charge >= 0.3 is 6.09 Å². The fraction of sp³-hybridized carbons (Fsp3) is 0.381. The van der Waals surface area contributed by atoms with Crippen LogP contribution in [0.5, 0.6) is 5.88 Å². The molecule has 0 fully saturated rings. The lowest BCUT2D eigenvalue weighted by Crippen LogP contribution is -2.38. The minimum absolute atomic E-state index is 0.157. The van der Waals surface area contributed by atoms with Crippen LogP contribution in [0.4, 0.5) is 4.79 Å². The molecule has 3 rings (SSSR count). The van der Waals surface area contributed by atoms with E-state index >= 15 is 0 Å². The second-order valence-corrected chi connectivity index (χ2v) is 7.62. The molecule has 1 aromatic carbocycles. The molecule has 8 nitrogen and oxygen atoms in total. The summed E-state index contributed by atoms with van der Waals surface area (Å²) in [5, 5.41) is 9.35. The van der Waals surface area contributed by atoms with Gasteiger partial charge in [0.05, 0.1) is 13.2 Å². The highest BCUT2D eigenvalue weighted by molar-refractivity contribution is 5.83. The number of carbonyl (C=O) groups is 1. The van der Waals surface area contributed by atoms with Gasteiger partial charge in [0.2, 0.25) is 5.88 Å². The van der Waals surface area contributed by atoms with Gasteiger partial charge in [-0.2, -0.15) is 4.98 Å². The van der Waals surface area contributed by atoms with Crippen LogP contribution >= 0.6 is 0 Å². The van der Waals surface area contributed by atoms with Gasteiger partial charge in [-0.15, -0.1) is 0 Å². The summed E-state index contributed by atoms with van der Waals surface area (Å²) in [4.78, 5) is 25.6. The Bertz CT molecular complexity index is 950. The molecule has 0 spiro atoms. The summed E-state index contributed by atoms with van der Waals surface area (Å²) in [6.45, 7) is 6.03. The summed E-state index contributed by atoms with van der Waals surface area (Å²) < 4.78 is 11.3. The first kappa shape index (κ1) is 20.6. The molecule has 2 N–H and O–H groups in total. The summed E-state index contributed by atoms with van der Waals surface area (Å²) in [7, 11) is 0. The fourth-order valence-electron chi connectivity index (χ4n) is 2.81. The summed E-state index contributed by atoms with van der Waals surface area (Å²) in [5.41, 5.74) is 2.52. The Hall–Kier alpha value is -3.13. The number of aromatic amines is 1. The number of rotatable bonds is 7. The second kappa shape index (κ2) is 8.91. The molecule has 8 heteroatoms. The van der Waals surface area contributed by atoms with Crippen LogP contribution in [0.2, 0.25) is 0 Å². The van der Waals surface area contributed by atoms with E-state index < -0.39 is 11.7 Å². The zero-order chi connectivity index (χ0) is 20.9. The first-order valence-electron chi connectivity index (χ1n) is 9.44. The van der Waals surface area contributed by atoms with E-state index in [1.807, 2.05) is 30.3 Å². The van der Waals surface area contributed by atoms with Crippen LogP contribution in [0.3, 0.4) is 0 Å². The minimum Gasteiger partial charge on any atom is -0.471 e. The fourth-order valence-corrected chi connectivity index (χ4v) is 2.81. The van der Waals surface area contributed by atoms with Gasteiger partial charge in [0.15, 0.2) is 0 Å². The molecule has 2 heterocycles. The zero-order valence-electron chi connectivity index (χ0n) is 16.9. The number of hydrogen-bond acceptors (Lipinski definition) is 6. The third-order valence-electron chi connectivity index (χ3n) is 4.11. The van der Waals surface area contributed by atoms with E-state index in [1.54, 1.807) is 27.0 Å². The molecule has 0 bridgehead atoms. The lowest BCUT2D eigenvalue weighted by Gasteiger charge is -2.26. The normalized spacial score (nSPS) is 11.4. The molecule has 0 atom stereocenters. The third kappa shape index (κ3) is 5.45. The first-order chi connectivity index (χ1) is 13.9. The lowest BCUT2D eigenvalue weighted by molar-refractivity contribution is 0.0202. The number of nitrogens with one attached hydrogen (secondary N) is 1. The Labute approximate surface area is 169 Å². The maximum Gasteiger partial charge on any atom is 0.410 e. The van der Waals surface area contributed by atoms with E-state index in [4.69, 9.17) is 9.47 Å². The number of aliphatic hydroxyl groups excluding tert-OH is 1. The van der Waals surface area contributed by atoms with Crippen molar-refractivity contribution in [3.05, 3.63) is 54.0 Å². The van der Waals surface area contributed by atoms with Crippen LogP contribution in [0.1, 0.15) is 31.9 Å². The summed E-state index contributed by atoms with van der Waals surface area (Å²) in [6, 6.07) is 9.81. The molecule has 1 amide bonds. The molecule has 0 aliphatic heterocycles. The van der Waals surface area contributed by atoms with Gasteiger partial charge in [-0.25, -0.2) is 9.78 Å². The van der Waals surface area contributed by atoms with Gasteiger partial charge in [0.1, 0.15) is 29.6 Å². The molecule has 0 saturated carbocycles. The van der Waals surface area contributed by atoms with E-state index in [0.717, 1.165) is 11.1 Å². The highest BCUT2D eigenvalue weighted by atomic mass is 16.6. The smallest absolute Gasteiger partial charge is 0.410 e. The van der Waals surface area contributed by atoms with E-state index in [0.29, 0.717) is 23.5 Å². The maximum atomic E-state index is 12.5. The summed E-state index contributed by atoms with van der Waals surface area (Å²) in [5.74, 6) is 0.441. The summed E-state index contributed by atoms with van der Waals surface area (Å²) in [6.07, 6.45) is 2.71. The Morgan fingerprint density at radius 2 is 1.97 bits per heavy atom. The lowest BCUT2D eigenvalue weighted by atomic mass is 10.2. The van der Waals surface area contributed by atoms with Gasteiger partial charge in [-0.3, -0.25) is 0 Å². The largest absolute Gasteiger partial charge is 0.471 e. The van der Waals surface area contributed by atoms with E-state index in [-0.39, 0.29) is 19.7 Å².